The van der Waals surface area contributed by atoms with Crippen LogP contribution in [0.4, 0.5) is 0 Å². The van der Waals surface area contributed by atoms with Gasteiger partial charge in [0.05, 0.1) is 5.69 Å². The number of fused-ring (bicyclic) bond motifs is 3. The molecule has 0 saturated carbocycles. The Balaban J connectivity index is 1.50. The Hall–Kier alpha value is -3.75. The molecule has 2 heterocycles. The van der Waals surface area contributed by atoms with Crippen molar-refractivity contribution in [1.29, 1.82) is 0 Å². The minimum Gasteiger partial charge on any atom is -0.256 e. The second kappa shape index (κ2) is 7.99. The van der Waals surface area contributed by atoms with Crippen molar-refractivity contribution < 1.29 is 0 Å². The van der Waals surface area contributed by atoms with Crippen LogP contribution in [0.3, 0.4) is 0 Å². The van der Waals surface area contributed by atoms with Gasteiger partial charge in [0.2, 0.25) is 0 Å². The number of aromatic nitrogens is 1. The van der Waals surface area contributed by atoms with Crippen molar-refractivity contribution >= 4 is 31.5 Å². The number of thiophene rings is 1. The van der Waals surface area contributed by atoms with Crippen LogP contribution in [0.5, 0.6) is 0 Å². The number of pyridine rings is 1. The predicted octanol–water partition coefficient (Wildman–Crippen LogP) is 9.07. The third kappa shape index (κ3) is 3.44. The molecule has 0 bridgehead atoms. The molecule has 0 amide bonds. The number of hydrogen-bond donors (Lipinski definition) is 0. The molecule has 0 N–H and O–H groups in total. The van der Waals surface area contributed by atoms with Crippen molar-refractivity contribution in [3.63, 3.8) is 0 Å². The number of benzene rings is 4. The van der Waals surface area contributed by atoms with Crippen LogP contribution in [0.1, 0.15) is 11.1 Å². The topological polar surface area (TPSA) is 12.9 Å². The number of hydrogen-bond acceptors (Lipinski definition) is 2. The quantitative estimate of drug-likeness (QED) is 0.267. The van der Waals surface area contributed by atoms with Gasteiger partial charge in [-0.2, -0.15) is 0 Å². The van der Waals surface area contributed by atoms with E-state index in [4.69, 9.17) is 4.98 Å². The van der Waals surface area contributed by atoms with E-state index in [-0.39, 0.29) is 0 Å². The Kier molecular flexibility index (Phi) is 4.82. The molecule has 6 rings (SSSR count). The van der Waals surface area contributed by atoms with Crippen LogP contribution in [-0.2, 0) is 0 Å². The minimum absolute atomic E-state index is 1.02. The Morgan fingerprint density at radius 2 is 1.30 bits per heavy atom. The largest absolute Gasteiger partial charge is 0.256 e. The molecule has 0 aliphatic rings. The van der Waals surface area contributed by atoms with Gasteiger partial charge < -0.3 is 0 Å². The van der Waals surface area contributed by atoms with E-state index in [1.54, 1.807) is 0 Å². The molecular weight excluding hydrogens is 418 g/mol. The van der Waals surface area contributed by atoms with Gasteiger partial charge in [0.15, 0.2) is 0 Å². The standard InChI is InChI=1S/C31H23NS/c1-20-13-15-25(22-9-5-3-6-10-22)31-30(20)26-18-24(14-16-29(26)33-31)28-17-21(2)27(19-32-28)23-11-7-4-8-12-23/h3-19H,1-2H3. The Labute approximate surface area is 198 Å². The lowest BCUT2D eigenvalue weighted by Gasteiger charge is -2.09. The van der Waals surface area contributed by atoms with Gasteiger partial charge in [-0.25, -0.2) is 0 Å². The lowest BCUT2D eigenvalue weighted by Crippen LogP contribution is -1.89. The summed E-state index contributed by atoms with van der Waals surface area (Å²) in [5.41, 5.74) is 9.70. The highest BCUT2D eigenvalue weighted by Gasteiger charge is 2.14. The summed E-state index contributed by atoms with van der Waals surface area (Å²) in [6.07, 6.45) is 2.01. The summed E-state index contributed by atoms with van der Waals surface area (Å²) >= 11 is 1.88. The second-order valence-electron chi connectivity index (χ2n) is 8.56. The van der Waals surface area contributed by atoms with Crippen molar-refractivity contribution in [2.75, 3.05) is 0 Å². The SMILES string of the molecule is Cc1cc(-c2ccc3sc4c(-c5ccccc5)ccc(C)c4c3c2)ncc1-c1ccccc1. The van der Waals surface area contributed by atoms with Gasteiger partial charge in [0, 0.05) is 37.5 Å². The summed E-state index contributed by atoms with van der Waals surface area (Å²) in [6.45, 7) is 4.38. The minimum atomic E-state index is 1.02. The molecular formula is C31H23NS. The van der Waals surface area contributed by atoms with Gasteiger partial charge in [-0.1, -0.05) is 78.9 Å². The van der Waals surface area contributed by atoms with Crippen molar-refractivity contribution in [3.05, 3.63) is 114 Å². The molecule has 158 valence electrons. The maximum absolute atomic E-state index is 4.85. The molecule has 0 aliphatic heterocycles. The normalized spacial score (nSPS) is 11.3. The van der Waals surface area contributed by atoms with Crippen LogP contribution in [0.2, 0.25) is 0 Å². The van der Waals surface area contributed by atoms with Crippen LogP contribution in [0.25, 0.3) is 53.7 Å². The van der Waals surface area contributed by atoms with Crippen molar-refractivity contribution in [2.24, 2.45) is 0 Å². The monoisotopic (exact) mass is 441 g/mol. The molecule has 0 atom stereocenters. The fraction of sp³-hybridized carbons (Fsp3) is 0.0645. The first-order valence-electron chi connectivity index (χ1n) is 11.2. The summed E-state index contributed by atoms with van der Waals surface area (Å²) in [4.78, 5) is 4.85. The first-order chi connectivity index (χ1) is 16.2. The van der Waals surface area contributed by atoms with Crippen LogP contribution < -0.4 is 0 Å². The second-order valence-corrected chi connectivity index (χ2v) is 9.62. The molecule has 0 spiro atoms. The molecule has 4 aromatic carbocycles. The third-order valence-corrected chi connectivity index (χ3v) is 7.61. The zero-order valence-corrected chi connectivity index (χ0v) is 19.5. The highest BCUT2D eigenvalue weighted by atomic mass is 32.1. The Morgan fingerprint density at radius 3 is 2.00 bits per heavy atom. The van der Waals surface area contributed by atoms with Crippen LogP contribution in [0.15, 0.2) is 103 Å². The molecule has 0 saturated heterocycles. The molecule has 0 unspecified atom stereocenters. The third-order valence-electron chi connectivity index (χ3n) is 6.40. The maximum atomic E-state index is 4.85. The smallest absolute Gasteiger partial charge is 0.0705 e. The fourth-order valence-corrected chi connectivity index (χ4v) is 5.98. The molecule has 2 aromatic heterocycles. The number of rotatable bonds is 3. The average molecular weight is 442 g/mol. The lowest BCUT2D eigenvalue weighted by atomic mass is 9.97. The zero-order valence-electron chi connectivity index (χ0n) is 18.7. The molecule has 0 aliphatic carbocycles. The van der Waals surface area contributed by atoms with E-state index in [9.17, 15) is 0 Å². The number of nitrogens with zero attached hydrogens (tertiary/aromatic N) is 1. The van der Waals surface area contributed by atoms with Crippen molar-refractivity contribution in [2.45, 2.75) is 13.8 Å². The van der Waals surface area contributed by atoms with E-state index in [1.165, 1.54) is 53.6 Å². The zero-order chi connectivity index (χ0) is 22.4. The summed E-state index contributed by atoms with van der Waals surface area (Å²) in [5, 5.41) is 2.67. The van der Waals surface area contributed by atoms with Crippen LogP contribution >= 0.6 is 11.3 Å². The first kappa shape index (κ1) is 19.9. The summed E-state index contributed by atoms with van der Waals surface area (Å²) in [5.74, 6) is 0. The first-order valence-corrected chi connectivity index (χ1v) is 12.0. The van der Waals surface area contributed by atoms with Gasteiger partial charge >= 0.3 is 0 Å². The molecule has 0 fully saturated rings. The van der Waals surface area contributed by atoms with E-state index < -0.39 is 0 Å². The van der Waals surface area contributed by atoms with Gasteiger partial charge in [0.25, 0.3) is 0 Å². The fourth-order valence-electron chi connectivity index (χ4n) is 4.68. The van der Waals surface area contributed by atoms with E-state index in [0.29, 0.717) is 0 Å². The molecule has 2 heteroatoms. The highest BCUT2D eigenvalue weighted by molar-refractivity contribution is 7.26. The summed E-state index contributed by atoms with van der Waals surface area (Å²) < 4.78 is 2.68. The molecule has 6 aromatic rings. The van der Waals surface area contributed by atoms with E-state index in [1.807, 2.05) is 23.6 Å². The Morgan fingerprint density at radius 1 is 0.606 bits per heavy atom. The molecule has 0 radical (unpaired) electrons. The lowest BCUT2D eigenvalue weighted by molar-refractivity contribution is 1.29. The highest BCUT2D eigenvalue weighted by Crippen LogP contribution is 2.42. The Bertz CT molecular complexity index is 1610. The van der Waals surface area contributed by atoms with E-state index >= 15 is 0 Å². The summed E-state index contributed by atoms with van der Waals surface area (Å²) in [6, 6.07) is 34.7. The molecule has 1 nitrogen and oxygen atoms in total. The van der Waals surface area contributed by atoms with Gasteiger partial charge in [-0.05, 0) is 59.9 Å². The van der Waals surface area contributed by atoms with E-state index in [0.717, 1.165) is 11.3 Å². The summed E-state index contributed by atoms with van der Waals surface area (Å²) in [7, 11) is 0. The maximum Gasteiger partial charge on any atom is 0.0705 e. The molecule has 33 heavy (non-hydrogen) atoms. The average Bonchev–Trinajstić information content (AvgIpc) is 3.25. The van der Waals surface area contributed by atoms with Crippen LogP contribution in [-0.4, -0.2) is 4.98 Å². The van der Waals surface area contributed by atoms with Crippen LogP contribution in [0, 0.1) is 13.8 Å². The van der Waals surface area contributed by atoms with Gasteiger partial charge in [-0.15, -0.1) is 11.3 Å². The van der Waals surface area contributed by atoms with Crippen molar-refractivity contribution in [1.82, 2.24) is 4.98 Å². The van der Waals surface area contributed by atoms with Gasteiger partial charge in [-0.3, -0.25) is 4.98 Å². The van der Waals surface area contributed by atoms with Gasteiger partial charge in [0.1, 0.15) is 0 Å². The number of aryl methyl sites for hydroxylation is 2. The predicted molar refractivity (Wildman–Crippen MR) is 143 cm³/mol. The van der Waals surface area contributed by atoms with E-state index in [2.05, 4.69) is 105 Å². The van der Waals surface area contributed by atoms with Crippen molar-refractivity contribution in [3.8, 4) is 33.5 Å².